The Bertz CT molecular complexity index is 360. The molecule has 4 nitrogen and oxygen atoms in total. The molecule has 4 heteroatoms. The van der Waals surface area contributed by atoms with Gasteiger partial charge >= 0.3 is 0 Å². The van der Waals surface area contributed by atoms with Crippen LogP contribution in [0.4, 0.5) is 0 Å². The molecule has 17 heavy (non-hydrogen) atoms. The molecule has 0 aliphatic heterocycles. The van der Waals surface area contributed by atoms with E-state index in [1.807, 2.05) is 19.9 Å². The number of allylic oxidation sites excluding steroid dienone is 2. The van der Waals surface area contributed by atoms with E-state index in [0.29, 0.717) is 13.1 Å². The van der Waals surface area contributed by atoms with E-state index in [9.17, 15) is 9.59 Å². The Hall–Kier alpha value is -1.32. The molecular formula is C13H20N2O2. The fourth-order valence-electron chi connectivity index (χ4n) is 3.29. The second-order valence-corrected chi connectivity index (χ2v) is 4.91. The van der Waals surface area contributed by atoms with Crippen LogP contribution >= 0.6 is 0 Å². The quantitative estimate of drug-likeness (QED) is 0.733. The minimum Gasteiger partial charge on any atom is -0.369 e. The average molecular weight is 236 g/mol. The number of rotatable bonds is 4. The summed E-state index contributed by atoms with van der Waals surface area (Å²) in [6.45, 7) is 5.31. The fraction of sp³-hybridized carbons (Fsp3) is 0.692. The van der Waals surface area contributed by atoms with E-state index in [0.717, 1.165) is 6.42 Å². The van der Waals surface area contributed by atoms with Crippen LogP contribution in [0.5, 0.6) is 0 Å². The molecule has 2 bridgehead atoms. The van der Waals surface area contributed by atoms with Gasteiger partial charge in [-0.25, -0.2) is 0 Å². The van der Waals surface area contributed by atoms with E-state index in [2.05, 4.69) is 6.08 Å². The average Bonchev–Trinajstić information content (AvgIpc) is 2.89. The topological polar surface area (TPSA) is 63.4 Å². The summed E-state index contributed by atoms with van der Waals surface area (Å²) in [7, 11) is 0. The molecule has 2 rings (SSSR count). The lowest BCUT2D eigenvalue weighted by Crippen LogP contribution is -2.44. The highest BCUT2D eigenvalue weighted by atomic mass is 16.2. The molecule has 4 unspecified atom stereocenters. The van der Waals surface area contributed by atoms with Crippen LogP contribution in [-0.4, -0.2) is 29.8 Å². The zero-order valence-electron chi connectivity index (χ0n) is 10.4. The van der Waals surface area contributed by atoms with Crippen LogP contribution in [-0.2, 0) is 9.59 Å². The molecule has 4 atom stereocenters. The first-order chi connectivity index (χ1) is 8.10. The number of hydrogen-bond donors (Lipinski definition) is 1. The number of amides is 2. The summed E-state index contributed by atoms with van der Waals surface area (Å²) in [6.07, 6.45) is 5.04. The van der Waals surface area contributed by atoms with Crippen molar-refractivity contribution in [2.75, 3.05) is 13.1 Å². The standard InChI is InChI=1S/C13H20N2O2/c1-3-15(4-2)13(17)11-9-6-5-8(7-9)10(11)12(14)16/h5-6,8-11H,3-4,7H2,1-2H3,(H2,14,16). The Kier molecular flexibility index (Phi) is 3.22. The van der Waals surface area contributed by atoms with Crippen molar-refractivity contribution >= 4 is 11.8 Å². The summed E-state index contributed by atoms with van der Waals surface area (Å²) in [4.78, 5) is 25.7. The maximum Gasteiger partial charge on any atom is 0.227 e. The van der Waals surface area contributed by atoms with Crippen LogP contribution in [0.25, 0.3) is 0 Å². The summed E-state index contributed by atoms with van der Waals surface area (Å²) < 4.78 is 0. The maximum absolute atomic E-state index is 12.4. The lowest BCUT2D eigenvalue weighted by Gasteiger charge is -2.30. The van der Waals surface area contributed by atoms with Crippen molar-refractivity contribution < 1.29 is 9.59 Å². The van der Waals surface area contributed by atoms with Gasteiger partial charge < -0.3 is 10.6 Å². The SMILES string of the molecule is CCN(CC)C(=O)C1C2C=CC(C2)C1C(N)=O. The minimum atomic E-state index is -0.327. The largest absolute Gasteiger partial charge is 0.369 e. The Morgan fingerprint density at radius 2 is 1.71 bits per heavy atom. The highest BCUT2D eigenvalue weighted by molar-refractivity contribution is 5.89. The molecule has 2 aliphatic rings. The molecule has 0 aromatic rings. The highest BCUT2D eigenvalue weighted by Crippen LogP contribution is 2.48. The molecule has 1 fully saturated rings. The van der Waals surface area contributed by atoms with Crippen molar-refractivity contribution in [1.82, 2.24) is 4.90 Å². The first-order valence-electron chi connectivity index (χ1n) is 6.36. The molecule has 0 aromatic heterocycles. The van der Waals surface area contributed by atoms with E-state index in [4.69, 9.17) is 5.73 Å². The van der Waals surface area contributed by atoms with E-state index in [1.54, 1.807) is 4.90 Å². The van der Waals surface area contributed by atoms with Crippen LogP contribution in [0.2, 0.25) is 0 Å². The summed E-state index contributed by atoms with van der Waals surface area (Å²) in [6, 6.07) is 0. The molecule has 2 amide bonds. The molecule has 2 aliphatic carbocycles. The Balaban J connectivity index is 2.22. The zero-order valence-corrected chi connectivity index (χ0v) is 10.4. The number of hydrogen-bond acceptors (Lipinski definition) is 2. The lowest BCUT2D eigenvalue weighted by molar-refractivity contribution is -0.141. The summed E-state index contributed by atoms with van der Waals surface area (Å²) in [5, 5.41) is 0. The first-order valence-corrected chi connectivity index (χ1v) is 6.36. The van der Waals surface area contributed by atoms with Gasteiger partial charge in [0.25, 0.3) is 0 Å². The van der Waals surface area contributed by atoms with E-state index in [1.165, 1.54) is 0 Å². The van der Waals surface area contributed by atoms with Crippen LogP contribution in [0.1, 0.15) is 20.3 Å². The van der Waals surface area contributed by atoms with Gasteiger partial charge in [-0.05, 0) is 32.1 Å². The van der Waals surface area contributed by atoms with Crippen molar-refractivity contribution in [2.45, 2.75) is 20.3 Å². The summed E-state index contributed by atoms with van der Waals surface area (Å²) >= 11 is 0. The monoisotopic (exact) mass is 236 g/mol. The third kappa shape index (κ3) is 1.85. The van der Waals surface area contributed by atoms with E-state index >= 15 is 0 Å². The van der Waals surface area contributed by atoms with Crippen LogP contribution in [0, 0.1) is 23.7 Å². The van der Waals surface area contributed by atoms with Gasteiger partial charge in [0.1, 0.15) is 0 Å². The minimum absolute atomic E-state index is 0.0932. The van der Waals surface area contributed by atoms with Gasteiger partial charge in [0.2, 0.25) is 11.8 Å². The molecule has 2 N–H and O–H groups in total. The molecule has 0 aromatic carbocycles. The van der Waals surface area contributed by atoms with Gasteiger partial charge in [-0.1, -0.05) is 12.2 Å². The number of carbonyl (C=O) groups excluding carboxylic acids is 2. The van der Waals surface area contributed by atoms with Crippen molar-refractivity contribution in [3.8, 4) is 0 Å². The van der Waals surface area contributed by atoms with Gasteiger partial charge in [0.15, 0.2) is 0 Å². The molecule has 1 saturated carbocycles. The predicted molar refractivity (Wildman–Crippen MR) is 64.8 cm³/mol. The van der Waals surface area contributed by atoms with Crippen molar-refractivity contribution in [3.05, 3.63) is 12.2 Å². The number of primary amides is 1. The number of nitrogens with zero attached hydrogens (tertiary/aromatic N) is 1. The molecular weight excluding hydrogens is 216 g/mol. The van der Waals surface area contributed by atoms with Crippen LogP contribution in [0.15, 0.2) is 12.2 Å². The second-order valence-electron chi connectivity index (χ2n) is 4.91. The zero-order chi connectivity index (χ0) is 12.6. The summed E-state index contributed by atoms with van der Waals surface area (Å²) in [5.41, 5.74) is 5.45. The van der Waals surface area contributed by atoms with Gasteiger partial charge in [-0.15, -0.1) is 0 Å². The van der Waals surface area contributed by atoms with Crippen molar-refractivity contribution in [3.63, 3.8) is 0 Å². The molecule has 0 spiro atoms. The third-order valence-corrected chi connectivity index (χ3v) is 4.15. The van der Waals surface area contributed by atoms with Crippen LogP contribution in [0.3, 0.4) is 0 Å². The van der Waals surface area contributed by atoms with E-state index in [-0.39, 0.29) is 35.5 Å². The molecule has 0 saturated heterocycles. The van der Waals surface area contributed by atoms with Crippen molar-refractivity contribution in [2.24, 2.45) is 29.4 Å². The normalized spacial score (nSPS) is 34.0. The van der Waals surface area contributed by atoms with Crippen LogP contribution < -0.4 is 5.73 Å². The lowest BCUT2D eigenvalue weighted by atomic mass is 9.81. The Morgan fingerprint density at radius 1 is 1.18 bits per heavy atom. The highest BCUT2D eigenvalue weighted by Gasteiger charge is 2.51. The Labute approximate surface area is 102 Å². The maximum atomic E-state index is 12.4. The molecule has 94 valence electrons. The fourth-order valence-corrected chi connectivity index (χ4v) is 3.29. The predicted octanol–water partition coefficient (Wildman–Crippen LogP) is 0.778. The van der Waals surface area contributed by atoms with Gasteiger partial charge in [-0.3, -0.25) is 9.59 Å². The van der Waals surface area contributed by atoms with Crippen molar-refractivity contribution in [1.29, 1.82) is 0 Å². The van der Waals surface area contributed by atoms with E-state index < -0.39 is 0 Å². The number of carbonyl (C=O) groups is 2. The molecule has 0 heterocycles. The number of fused-ring (bicyclic) bond motifs is 2. The summed E-state index contributed by atoms with van der Waals surface area (Å²) in [5.74, 6) is -0.351. The number of nitrogens with two attached hydrogens (primary N) is 1. The van der Waals surface area contributed by atoms with Gasteiger partial charge in [-0.2, -0.15) is 0 Å². The smallest absolute Gasteiger partial charge is 0.227 e. The van der Waals surface area contributed by atoms with Gasteiger partial charge in [0.05, 0.1) is 11.8 Å². The Morgan fingerprint density at radius 3 is 2.18 bits per heavy atom. The third-order valence-electron chi connectivity index (χ3n) is 4.15. The molecule has 0 radical (unpaired) electrons. The second kappa shape index (κ2) is 4.51. The van der Waals surface area contributed by atoms with Gasteiger partial charge in [0, 0.05) is 13.1 Å². The first kappa shape index (κ1) is 12.1.